The van der Waals surface area contributed by atoms with Crippen molar-refractivity contribution < 1.29 is 24.0 Å². The van der Waals surface area contributed by atoms with Gasteiger partial charge < -0.3 is 16.4 Å². The molecule has 1 fully saturated rings. The number of carbonyl (C=O) groups excluding carboxylic acids is 5. The fourth-order valence-electron chi connectivity index (χ4n) is 4.57. The summed E-state index contributed by atoms with van der Waals surface area (Å²) in [4.78, 5) is 65.2. The lowest BCUT2D eigenvalue weighted by Gasteiger charge is -2.15. The summed E-state index contributed by atoms with van der Waals surface area (Å²) in [5.74, 6) is -2.22. The molecule has 5 amide bonds. The van der Waals surface area contributed by atoms with Crippen LogP contribution in [0.1, 0.15) is 38.3 Å². The summed E-state index contributed by atoms with van der Waals surface area (Å²) in [6.45, 7) is 1.91. The third kappa shape index (κ3) is 6.93. The maximum absolute atomic E-state index is 13.4. The first kappa shape index (κ1) is 30.0. The van der Waals surface area contributed by atoms with Crippen LogP contribution in [-0.2, 0) is 14.4 Å². The van der Waals surface area contributed by atoms with Crippen LogP contribution in [0.4, 0.5) is 11.4 Å². The SMILES string of the molecule is Cc1ccccc1/C=C(\NC(=O)c1ccccc1)C(=O)Nc1ccc(SC2CC(=O)N(c3ccc(C(N)=O)cc3)C2=O)cc1. The molecule has 1 aliphatic heterocycles. The van der Waals surface area contributed by atoms with Gasteiger partial charge in [-0.1, -0.05) is 42.5 Å². The molecule has 44 heavy (non-hydrogen) atoms. The van der Waals surface area contributed by atoms with Crippen molar-refractivity contribution in [2.75, 3.05) is 10.2 Å². The Bertz CT molecular complexity index is 1770. The van der Waals surface area contributed by atoms with E-state index in [0.717, 1.165) is 20.9 Å². The molecular weight excluding hydrogens is 576 g/mol. The van der Waals surface area contributed by atoms with Crippen LogP contribution in [0, 0.1) is 6.92 Å². The molecule has 5 rings (SSSR count). The number of thioether (sulfide) groups is 1. The number of rotatable bonds is 9. The van der Waals surface area contributed by atoms with E-state index in [9.17, 15) is 24.0 Å². The van der Waals surface area contributed by atoms with Gasteiger partial charge in [0.05, 0.1) is 10.9 Å². The predicted octanol–water partition coefficient (Wildman–Crippen LogP) is 4.93. The van der Waals surface area contributed by atoms with Crippen LogP contribution in [0.2, 0.25) is 0 Å². The largest absolute Gasteiger partial charge is 0.366 e. The van der Waals surface area contributed by atoms with E-state index < -0.39 is 23.0 Å². The summed E-state index contributed by atoms with van der Waals surface area (Å²) < 4.78 is 0. The first-order chi connectivity index (χ1) is 21.2. The van der Waals surface area contributed by atoms with E-state index in [0.29, 0.717) is 16.9 Å². The summed E-state index contributed by atoms with van der Waals surface area (Å²) >= 11 is 1.25. The van der Waals surface area contributed by atoms with Crippen LogP contribution in [0.3, 0.4) is 0 Å². The second kappa shape index (κ2) is 13.2. The average Bonchev–Trinajstić information content (AvgIpc) is 3.30. The number of aryl methyl sites for hydroxylation is 1. The maximum Gasteiger partial charge on any atom is 0.272 e. The van der Waals surface area contributed by atoms with Crippen LogP contribution in [0.5, 0.6) is 0 Å². The molecule has 10 heteroatoms. The Balaban J connectivity index is 1.27. The van der Waals surface area contributed by atoms with Gasteiger partial charge in [-0.3, -0.25) is 24.0 Å². The van der Waals surface area contributed by atoms with E-state index >= 15 is 0 Å². The number of hydrogen-bond acceptors (Lipinski definition) is 6. The Morgan fingerprint density at radius 1 is 0.841 bits per heavy atom. The van der Waals surface area contributed by atoms with Crippen LogP contribution in [0.15, 0.2) is 114 Å². The smallest absolute Gasteiger partial charge is 0.272 e. The molecule has 0 saturated carbocycles. The zero-order valence-electron chi connectivity index (χ0n) is 23.7. The van der Waals surface area contributed by atoms with Crippen molar-refractivity contribution in [1.82, 2.24) is 5.32 Å². The van der Waals surface area contributed by atoms with E-state index in [1.807, 2.05) is 31.2 Å². The third-order valence-corrected chi connectivity index (χ3v) is 8.12. The van der Waals surface area contributed by atoms with Gasteiger partial charge in [0, 0.05) is 28.1 Å². The Kier molecular flexibility index (Phi) is 9.01. The van der Waals surface area contributed by atoms with E-state index in [-0.39, 0.29) is 29.5 Å². The molecule has 4 aromatic rings. The molecule has 220 valence electrons. The number of imide groups is 1. The third-order valence-electron chi connectivity index (χ3n) is 6.92. The minimum Gasteiger partial charge on any atom is -0.366 e. The van der Waals surface area contributed by atoms with Gasteiger partial charge in [-0.2, -0.15) is 0 Å². The molecule has 4 aromatic carbocycles. The fourth-order valence-corrected chi connectivity index (χ4v) is 5.62. The molecular formula is C34H28N4O5S. The number of hydrogen-bond donors (Lipinski definition) is 3. The topological polar surface area (TPSA) is 139 Å². The molecule has 0 aliphatic carbocycles. The zero-order valence-corrected chi connectivity index (χ0v) is 24.5. The standard InChI is InChI=1S/C34H28N4O5S/c1-21-7-5-6-10-24(21)19-28(37-32(41)23-8-3-2-4-9-23)33(42)36-25-13-17-27(18-14-25)44-29-20-30(39)38(34(29)43)26-15-11-22(12-16-26)31(35)40/h2-19,29H,20H2,1H3,(H2,35,40)(H,36,42)(H,37,41)/b28-19-. The minimum atomic E-state index is -0.629. The van der Waals surface area contributed by atoms with Crippen molar-refractivity contribution >= 4 is 58.7 Å². The van der Waals surface area contributed by atoms with Gasteiger partial charge in [-0.15, -0.1) is 11.8 Å². The van der Waals surface area contributed by atoms with E-state index in [1.54, 1.807) is 60.7 Å². The molecule has 1 unspecified atom stereocenters. The van der Waals surface area contributed by atoms with Gasteiger partial charge >= 0.3 is 0 Å². The van der Waals surface area contributed by atoms with Crippen molar-refractivity contribution in [1.29, 1.82) is 0 Å². The van der Waals surface area contributed by atoms with Gasteiger partial charge in [-0.25, -0.2) is 4.90 Å². The molecule has 0 spiro atoms. The van der Waals surface area contributed by atoms with Crippen LogP contribution >= 0.6 is 11.8 Å². The van der Waals surface area contributed by atoms with Gasteiger partial charge in [0.15, 0.2) is 0 Å². The first-order valence-corrected chi connectivity index (χ1v) is 14.6. The minimum absolute atomic E-state index is 0.0216. The van der Waals surface area contributed by atoms with Gasteiger partial charge in [0.1, 0.15) is 5.70 Å². The number of nitrogens with zero attached hydrogens (tertiary/aromatic N) is 1. The van der Waals surface area contributed by atoms with E-state index in [2.05, 4.69) is 10.6 Å². The zero-order chi connectivity index (χ0) is 31.2. The Morgan fingerprint density at radius 3 is 2.16 bits per heavy atom. The predicted molar refractivity (Wildman–Crippen MR) is 170 cm³/mol. The fraction of sp³-hybridized carbons (Fsp3) is 0.0882. The molecule has 4 N–H and O–H groups in total. The van der Waals surface area contributed by atoms with Crippen molar-refractivity contribution in [3.05, 3.63) is 131 Å². The Hall–Kier alpha value is -5.48. The van der Waals surface area contributed by atoms with Gasteiger partial charge in [0.25, 0.3) is 11.8 Å². The van der Waals surface area contributed by atoms with Crippen LogP contribution in [0.25, 0.3) is 6.08 Å². The van der Waals surface area contributed by atoms with Crippen molar-refractivity contribution in [2.24, 2.45) is 5.73 Å². The highest BCUT2D eigenvalue weighted by atomic mass is 32.2. The van der Waals surface area contributed by atoms with Gasteiger partial charge in [0.2, 0.25) is 17.7 Å². The number of benzene rings is 4. The lowest BCUT2D eigenvalue weighted by atomic mass is 10.1. The Morgan fingerprint density at radius 2 is 1.50 bits per heavy atom. The molecule has 0 bridgehead atoms. The normalized spacial score (nSPS) is 14.8. The molecule has 9 nitrogen and oxygen atoms in total. The lowest BCUT2D eigenvalue weighted by Crippen LogP contribution is -2.31. The quantitative estimate of drug-likeness (QED) is 0.183. The first-order valence-electron chi connectivity index (χ1n) is 13.7. The van der Waals surface area contributed by atoms with E-state index in [1.165, 1.54) is 36.0 Å². The van der Waals surface area contributed by atoms with Crippen LogP contribution in [-0.4, -0.2) is 34.8 Å². The summed E-state index contributed by atoms with van der Waals surface area (Å²) in [7, 11) is 0. The average molecular weight is 605 g/mol. The number of amides is 5. The molecule has 0 radical (unpaired) electrons. The molecule has 1 aliphatic rings. The van der Waals surface area contributed by atoms with Crippen molar-refractivity contribution in [3.8, 4) is 0 Å². The maximum atomic E-state index is 13.4. The Labute approximate surface area is 258 Å². The van der Waals surface area contributed by atoms with Crippen molar-refractivity contribution in [3.63, 3.8) is 0 Å². The van der Waals surface area contributed by atoms with Crippen LogP contribution < -0.4 is 21.3 Å². The number of nitrogens with one attached hydrogen (secondary N) is 2. The number of primary amides is 1. The molecule has 1 heterocycles. The second-order valence-corrected chi connectivity index (χ2v) is 11.3. The molecule has 0 aromatic heterocycles. The van der Waals surface area contributed by atoms with Crippen molar-refractivity contribution in [2.45, 2.75) is 23.5 Å². The second-order valence-electron chi connectivity index (χ2n) is 10.0. The summed E-state index contributed by atoms with van der Waals surface area (Å²) in [6.07, 6.45) is 1.65. The monoisotopic (exact) mass is 604 g/mol. The summed E-state index contributed by atoms with van der Waals surface area (Å²) in [5.41, 5.74) is 8.63. The lowest BCUT2D eigenvalue weighted by molar-refractivity contribution is -0.121. The number of carbonyl (C=O) groups is 5. The van der Waals surface area contributed by atoms with E-state index in [4.69, 9.17) is 5.73 Å². The number of nitrogens with two attached hydrogens (primary N) is 1. The molecule has 1 atom stereocenters. The summed E-state index contributed by atoms with van der Waals surface area (Å²) in [6, 6.07) is 29.0. The number of anilines is 2. The highest BCUT2D eigenvalue weighted by Crippen LogP contribution is 2.34. The van der Waals surface area contributed by atoms with Gasteiger partial charge in [-0.05, 0) is 84.8 Å². The highest BCUT2D eigenvalue weighted by Gasteiger charge is 2.40. The highest BCUT2D eigenvalue weighted by molar-refractivity contribution is 8.00. The molecule has 1 saturated heterocycles. The summed E-state index contributed by atoms with van der Waals surface area (Å²) in [5, 5.41) is 4.93.